The van der Waals surface area contributed by atoms with Gasteiger partial charge in [-0.25, -0.2) is 4.79 Å². The highest BCUT2D eigenvalue weighted by molar-refractivity contribution is 5.77. The Balaban J connectivity index is 2.11. The minimum absolute atomic E-state index is 0.162. The van der Waals surface area contributed by atoms with E-state index in [1.54, 1.807) is 22.7 Å². The van der Waals surface area contributed by atoms with Gasteiger partial charge >= 0.3 is 6.03 Å². The van der Waals surface area contributed by atoms with Crippen LogP contribution in [0.4, 0.5) is 4.79 Å². The van der Waals surface area contributed by atoms with Gasteiger partial charge in [-0.3, -0.25) is 9.48 Å². The maximum Gasteiger partial charge on any atom is 0.315 e. The molecule has 106 valence electrons. The van der Waals surface area contributed by atoms with Crippen LogP contribution >= 0.6 is 0 Å². The number of nitriles is 1. The average Bonchev–Trinajstić information content (AvgIpc) is 2.73. The van der Waals surface area contributed by atoms with Crippen molar-refractivity contribution in [1.29, 1.82) is 5.26 Å². The van der Waals surface area contributed by atoms with E-state index in [9.17, 15) is 9.59 Å². The second-order valence-corrected chi connectivity index (χ2v) is 4.62. The number of carbonyl (C=O) groups excluding carboxylic acids is 2. The van der Waals surface area contributed by atoms with Crippen molar-refractivity contribution in [2.45, 2.75) is 25.9 Å². The number of aryl methyl sites for hydroxylation is 1. The molecule has 0 aromatic carbocycles. The summed E-state index contributed by atoms with van der Waals surface area (Å²) in [5, 5.41) is 15.4. The number of urea groups is 1. The van der Waals surface area contributed by atoms with Crippen molar-refractivity contribution < 1.29 is 9.59 Å². The van der Waals surface area contributed by atoms with Gasteiger partial charge in [0.15, 0.2) is 0 Å². The van der Waals surface area contributed by atoms with Crippen LogP contribution < -0.4 is 11.1 Å². The summed E-state index contributed by atoms with van der Waals surface area (Å²) in [6.07, 6.45) is 0.500. The molecule has 2 heterocycles. The summed E-state index contributed by atoms with van der Waals surface area (Å²) in [5.74, 6) is -0.318. The van der Waals surface area contributed by atoms with E-state index in [4.69, 9.17) is 11.0 Å². The molecule has 0 saturated carbocycles. The number of fused-ring (bicyclic) bond motifs is 1. The molecule has 0 unspecified atom stereocenters. The molecular formula is C12H16N6O2. The van der Waals surface area contributed by atoms with Crippen molar-refractivity contribution >= 4 is 11.9 Å². The molecule has 20 heavy (non-hydrogen) atoms. The van der Waals surface area contributed by atoms with Crippen LogP contribution in [0.15, 0.2) is 0 Å². The largest absolute Gasteiger partial charge is 0.351 e. The molecule has 8 heteroatoms. The molecule has 1 aliphatic rings. The number of nitrogens with one attached hydrogen (secondary N) is 1. The van der Waals surface area contributed by atoms with Gasteiger partial charge in [0.2, 0.25) is 5.91 Å². The molecule has 1 aromatic rings. The molecule has 8 nitrogen and oxygen atoms in total. The third kappa shape index (κ3) is 2.71. The number of aromatic nitrogens is 2. The van der Waals surface area contributed by atoms with Gasteiger partial charge in [0, 0.05) is 19.2 Å². The van der Waals surface area contributed by atoms with E-state index in [2.05, 4.69) is 10.4 Å². The molecule has 1 aliphatic heterocycles. The Morgan fingerprint density at radius 1 is 1.55 bits per heavy atom. The summed E-state index contributed by atoms with van der Waals surface area (Å²) in [5.41, 5.74) is 8.03. The monoisotopic (exact) mass is 276 g/mol. The summed E-state index contributed by atoms with van der Waals surface area (Å²) >= 11 is 0. The number of hydrogen-bond acceptors (Lipinski definition) is 4. The lowest BCUT2D eigenvalue weighted by Gasteiger charge is -2.25. The van der Waals surface area contributed by atoms with Crippen molar-refractivity contribution in [3.05, 3.63) is 17.0 Å². The molecule has 3 amide bonds. The fraction of sp³-hybridized carbons (Fsp3) is 0.500. The van der Waals surface area contributed by atoms with Gasteiger partial charge < -0.3 is 16.0 Å². The fourth-order valence-electron chi connectivity index (χ4n) is 2.30. The Morgan fingerprint density at radius 3 is 2.95 bits per heavy atom. The van der Waals surface area contributed by atoms with Crippen molar-refractivity contribution in [2.75, 3.05) is 6.54 Å². The topological polar surface area (TPSA) is 117 Å². The maximum atomic E-state index is 11.3. The van der Waals surface area contributed by atoms with Crippen LogP contribution in [0.1, 0.15) is 23.4 Å². The molecule has 0 aliphatic carbocycles. The standard InChI is InChI=1S/C12H16N6O2/c1-17-10-7-18(12(14)20)5-3-8(10)9(16-17)6-15-11(19)2-4-13/h2-3,5-7H2,1H3,(H2,14,20)(H,15,19). The van der Waals surface area contributed by atoms with Crippen molar-refractivity contribution in [1.82, 2.24) is 20.0 Å². The SMILES string of the molecule is Cn1nc(CNC(=O)CC#N)c2c1CN(C(N)=O)CC2. The minimum atomic E-state index is -0.444. The summed E-state index contributed by atoms with van der Waals surface area (Å²) in [7, 11) is 1.80. The van der Waals surface area contributed by atoms with Gasteiger partial charge in [0.1, 0.15) is 6.42 Å². The number of nitrogens with two attached hydrogens (primary N) is 1. The van der Waals surface area contributed by atoms with Crippen molar-refractivity contribution in [3.8, 4) is 6.07 Å². The van der Waals surface area contributed by atoms with E-state index < -0.39 is 6.03 Å². The number of rotatable bonds is 3. The minimum Gasteiger partial charge on any atom is -0.351 e. The molecule has 0 fully saturated rings. The molecule has 0 atom stereocenters. The zero-order valence-corrected chi connectivity index (χ0v) is 11.2. The molecule has 0 spiro atoms. The predicted octanol–water partition coefficient (Wildman–Crippen LogP) is -0.613. The zero-order chi connectivity index (χ0) is 14.7. The Bertz CT molecular complexity index is 586. The van der Waals surface area contributed by atoms with E-state index in [1.807, 2.05) is 0 Å². The van der Waals surface area contributed by atoms with Crippen LogP contribution in [-0.2, 0) is 31.4 Å². The zero-order valence-electron chi connectivity index (χ0n) is 11.2. The highest BCUT2D eigenvalue weighted by atomic mass is 16.2. The van der Waals surface area contributed by atoms with Crippen LogP contribution in [0.5, 0.6) is 0 Å². The first-order valence-electron chi connectivity index (χ1n) is 6.24. The lowest BCUT2D eigenvalue weighted by atomic mass is 10.0. The molecule has 0 saturated heterocycles. The van der Waals surface area contributed by atoms with E-state index in [-0.39, 0.29) is 12.3 Å². The van der Waals surface area contributed by atoms with Gasteiger partial charge in [-0.2, -0.15) is 10.4 Å². The molecule has 1 aromatic heterocycles. The number of primary amides is 1. The van der Waals surface area contributed by atoms with Crippen LogP contribution in [0.25, 0.3) is 0 Å². The van der Waals surface area contributed by atoms with Crippen LogP contribution in [0.2, 0.25) is 0 Å². The second kappa shape index (κ2) is 5.61. The summed E-state index contributed by atoms with van der Waals surface area (Å²) in [6, 6.07) is 1.35. The second-order valence-electron chi connectivity index (χ2n) is 4.62. The fourth-order valence-corrected chi connectivity index (χ4v) is 2.30. The summed E-state index contributed by atoms with van der Waals surface area (Å²) in [6.45, 7) is 1.27. The van der Waals surface area contributed by atoms with Gasteiger partial charge in [-0.1, -0.05) is 0 Å². The highest BCUT2D eigenvalue weighted by Gasteiger charge is 2.25. The van der Waals surface area contributed by atoms with Crippen molar-refractivity contribution in [2.24, 2.45) is 12.8 Å². The normalized spacial score (nSPS) is 13.5. The number of amides is 3. The van der Waals surface area contributed by atoms with Gasteiger partial charge in [-0.05, 0) is 6.42 Å². The van der Waals surface area contributed by atoms with E-state index in [1.165, 1.54) is 0 Å². The highest BCUT2D eigenvalue weighted by Crippen LogP contribution is 2.21. The Kier molecular flexibility index (Phi) is 3.89. The van der Waals surface area contributed by atoms with Crippen LogP contribution in [0.3, 0.4) is 0 Å². The molecule has 0 radical (unpaired) electrons. The number of carbonyl (C=O) groups is 2. The van der Waals surface area contributed by atoms with Gasteiger partial charge in [0.05, 0.1) is 30.5 Å². The quantitative estimate of drug-likeness (QED) is 0.765. The summed E-state index contributed by atoms with van der Waals surface area (Å²) < 4.78 is 1.70. The first-order chi connectivity index (χ1) is 9.52. The predicted molar refractivity (Wildman–Crippen MR) is 69.0 cm³/mol. The summed E-state index contributed by atoms with van der Waals surface area (Å²) in [4.78, 5) is 24.1. The average molecular weight is 276 g/mol. The Hall–Kier alpha value is -2.56. The Labute approximate surface area is 116 Å². The van der Waals surface area contributed by atoms with Crippen LogP contribution in [-0.4, -0.2) is 33.2 Å². The third-order valence-electron chi connectivity index (χ3n) is 3.33. The number of hydrogen-bond donors (Lipinski definition) is 2. The van der Waals surface area contributed by atoms with Crippen LogP contribution in [0, 0.1) is 11.3 Å². The number of nitrogens with zero attached hydrogens (tertiary/aromatic N) is 4. The Morgan fingerprint density at radius 2 is 2.30 bits per heavy atom. The van der Waals surface area contributed by atoms with E-state index in [0.717, 1.165) is 17.0 Å². The molecule has 0 bridgehead atoms. The third-order valence-corrected chi connectivity index (χ3v) is 3.33. The van der Waals surface area contributed by atoms with E-state index >= 15 is 0 Å². The lowest BCUT2D eigenvalue weighted by molar-refractivity contribution is -0.120. The lowest BCUT2D eigenvalue weighted by Crippen LogP contribution is -2.40. The molecule has 3 N–H and O–H groups in total. The molecule has 2 rings (SSSR count). The van der Waals surface area contributed by atoms with Gasteiger partial charge in [0.25, 0.3) is 0 Å². The smallest absolute Gasteiger partial charge is 0.315 e. The van der Waals surface area contributed by atoms with E-state index in [0.29, 0.717) is 26.1 Å². The maximum absolute atomic E-state index is 11.3. The van der Waals surface area contributed by atoms with Crippen molar-refractivity contribution in [3.63, 3.8) is 0 Å². The van der Waals surface area contributed by atoms with Gasteiger partial charge in [-0.15, -0.1) is 0 Å². The first kappa shape index (κ1) is 13.9. The first-order valence-corrected chi connectivity index (χ1v) is 6.24. The molecular weight excluding hydrogens is 260 g/mol.